The second kappa shape index (κ2) is 10.1. The Balaban J connectivity index is 2.68. The first-order chi connectivity index (χ1) is 15.6. The molecule has 12 heteroatoms. The lowest BCUT2D eigenvalue weighted by atomic mass is 10.1. The van der Waals surface area contributed by atoms with Crippen LogP contribution in [0.4, 0.5) is 5.69 Å². The molecule has 1 amide bonds. The van der Waals surface area contributed by atoms with Crippen LogP contribution in [0.1, 0.15) is 70.9 Å². The molecule has 0 saturated carbocycles. The van der Waals surface area contributed by atoms with Crippen molar-refractivity contribution in [1.82, 2.24) is 19.8 Å². The number of aromatic nitrogens is 2. The quantitative estimate of drug-likeness (QED) is 0.397. The minimum Gasteiger partial charge on any atom is -0.438 e. The molecule has 0 aliphatic rings. The highest BCUT2D eigenvalue weighted by Crippen LogP contribution is 2.36. The van der Waals surface area contributed by atoms with Gasteiger partial charge in [-0.3, -0.25) is 14.9 Å². The SMILES string of the molecule is CC[C@H](C)NC(=O)c1nn(C(C)(C)C)c(Oc2ccc([N+](=O)[O-])cc2S(=O)(=O)NC(C)C)c1C. The zero-order chi connectivity index (χ0) is 26.0. The summed E-state index contributed by atoms with van der Waals surface area (Å²) in [6.07, 6.45) is 0.737. The Bertz CT molecular complexity index is 1180. The molecule has 0 fully saturated rings. The van der Waals surface area contributed by atoms with Gasteiger partial charge in [-0.1, -0.05) is 6.92 Å². The van der Waals surface area contributed by atoms with E-state index in [9.17, 15) is 23.3 Å². The first kappa shape index (κ1) is 27.3. The van der Waals surface area contributed by atoms with Gasteiger partial charge in [-0.2, -0.15) is 5.10 Å². The molecule has 0 unspecified atom stereocenters. The van der Waals surface area contributed by atoms with Crippen molar-refractivity contribution in [3.05, 3.63) is 39.6 Å². The maximum atomic E-state index is 13.0. The summed E-state index contributed by atoms with van der Waals surface area (Å²) in [6.45, 7) is 14.3. The zero-order valence-corrected chi connectivity index (χ0v) is 21.6. The second-order valence-electron chi connectivity index (χ2n) is 9.41. The summed E-state index contributed by atoms with van der Waals surface area (Å²) in [5.74, 6) is -0.337. The summed E-state index contributed by atoms with van der Waals surface area (Å²) in [6, 6.07) is 2.82. The third kappa shape index (κ3) is 6.11. The molecule has 1 atom stereocenters. The lowest BCUT2D eigenvalue weighted by Gasteiger charge is -2.23. The number of nitrogens with zero attached hydrogens (tertiary/aromatic N) is 3. The molecule has 34 heavy (non-hydrogen) atoms. The summed E-state index contributed by atoms with van der Waals surface area (Å²) >= 11 is 0. The van der Waals surface area contributed by atoms with Crippen molar-refractivity contribution in [2.24, 2.45) is 0 Å². The van der Waals surface area contributed by atoms with Gasteiger partial charge in [0.25, 0.3) is 11.6 Å². The molecule has 2 rings (SSSR count). The van der Waals surface area contributed by atoms with Gasteiger partial charge in [-0.25, -0.2) is 17.8 Å². The lowest BCUT2D eigenvalue weighted by Crippen LogP contribution is -2.33. The number of nitro benzene ring substituents is 1. The monoisotopic (exact) mass is 495 g/mol. The standard InChI is InChI=1S/C22H33N5O6S/c1-9-14(4)23-20(28)19-15(5)21(26(24-19)22(6,7)8)33-17-11-10-16(27(29)30)12-18(17)34(31,32)25-13(2)3/h10-14,25H,9H2,1-8H3,(H,23,28)/t14-/m0/s1. The van der Waals surface area contributed by atoms with Crippen LogP contribution in [0.3, 0.4) is 0 Å². The van der Waals surface area contributed by atoms with Crippen LogP contribution in [0.25, 0.3) is 0 Å². The Morgan fingerprint density at radius 2 is 1.88 bits per heavy atom. The lowest BCUT2D eigenvalue weighted by molar-refractivity contribution is -0.385. The first-order valence-electron chi connectivity index (χ1n) is 11.0. The van der Waals surface area contributed by atoms with Crippen LogP contribution in [0.2, 0.25) is 0 Å². The number of non-ortho nitro benzene ring substituents is 1. The summed E-state index contributed by atoms with van der Waals surface area (Å²) in [5, 5.41) is 18.6. The van der Waals surface area contributed by atoms with Gasteiger partial charge in [0.1, 0.15) is 10.6 Å². The summed E-state index contributed by atoms with van der Waals surface area (Å²) in [7, 11) is -4.14. The van der Waals surface area contributed by atoms with Gasteiger partial charge in [-0.05, 0) is 61.0 Å². The highest BCUT2D eigenvalue weighted by Gasteiger charge is 2.31. The fourth-order valence-corrected chi connectivity index (χ4v) is 4.45. The van der Waals surface area contributed by atoms with Crippen LogP contribution in [-0.4, -0.2) is 41.1 Å². The maximum Gasteiger partial charge on any atom is 0.272 e. The first-order valence-corrected chi connectivity index (χ1v) is 12.5. The molecule has 0 aliphatic heterocycles. The molecular formula is C22H33N5O6S. The number of nitrogens with one attached hydrogen (secondary N) is 2. The predicted molar refractivity (Wildman–Crippen MR) is 128 cm³/mol. The molecular weight excluding hydrogens is 462 g/mol. The average molecular weight is 496 g/mol. The number of carbonyl (C=O) groups excluding carboxylic acids is 1. The van der Waals surface area contributed by atoms with Gasteiger partial charge < -0.3 is 10.1 Å². The normalized spacial score (nSPS) is 13.1. The molecule has 2 aromatic rings. The highest BCUT2D eigenvalue weighted by molar-refractivity contribution is 7.89. The van der Waals surface area contributed by atoms with E-state index >= 15 is 0 Å². The number of sulfonamides is 1. The number of benzene rings is 1. The van der Waals surface area contributed by atoms with Crippen LogP contribution in [-0.2, 0) is 15.6 Å². The highest BCUT2D eigenvalue weighted by atomic mass is 32.2. The van der Waals surface area contributed by atoms with E-state index in [0.717, 1.165) is 18.6 Å². The summed E-state index contributed by atoms with van der Waals surface area (Å²) in [4.78, 5) is 23.0. The summed E-state index contributed by atoms with van der Waals surface area (Å²) < 4.78 is 35.9. The van der Waals surface area contributed by atoms with E-state index in [1.54, 1.807) is 20.8 Å². The third-order valence-corrected chi connectivity index (χ3v) is 6.61. The van der Waals surface area contributed by atoms with Gasteiger partial charge >= 0.3 is 0 Å². The Morgan fingerprint density at radius 1 is 1.26 bits per heavy atom. The summed E-state index contributed by atoms with van der Waals surface area (Å²) in [5.41, 5.74) is -0.456. The maximum absolute atomic E-state index is 13.0. The van der Waals surface area contributed by atoms with Crippen LogP contribution >= 0.6 is 0 Å². The van der Waals surface area contributed by atoms with E-state index in [0.29, 0.717) is 5.56 Å². The van der Waals surface area contributed by atoms with Crippen molar-refractivity contribution in [3.63, 3.8) is 0 Å². The van der Waals surface area contributed by atoms with Gasteiger partial charge in [-0.15, -0.1) is 0 Å². The van der Waals surface area contributed by atoms with Gasteiger partial charge in [0.15, 0.2) is 5.69 Å². The van der Waals surface area contributed by atoms with E-state index < -0.39 is 32.2 Å². The molecule has 0 bridgehead atoms. The smallest absolute Gasteiger partial charge is 0.272 e. The van der Waals surface area contributed by atoms with E-state index in [1.165, 1.54) is 10.7 Å². The number of amides is 1. The largest absolute Gasteiger partial charge is 0.438 e. The fourth-order valence-electron chi connectivity index (χ4n) is 3.05. The molecule has 1 aromatic carbocycles. The molecule has 1 aromatic heterocycles. The number of hydrogen-bond acceptors (Lipinski definition) is 7. The number of carbonyl (C=O) groups is 1. The van der Waals surface area contributed by atoms with Gasteiger partial charge in [0, 0.05) is 29.8 Å². The van der Waals surface area contributed by atoms with Crippen molar-refractivity contribution in [2.45, 2.75) is 84.3 Å². The minimum atomic E-state index is -4.14. The van der Waals surface area contributed by atoms with Gasteiger partial charge in [0.2, 0.25) is 15.9 Å². The molecule has 188 valence electrons. The molecule has 0 saturated heterocycles. The van der Waals surface area contributed by atoms with Crippen molar-refractivity contribution in [2.75, 3.05) is 0 Å². The van der Waals surface area contributed by atoms with Crippen molar-refractivity contribution >= 4 is 21.6 Å². The number of rotatable bonds is 9. The Morgan fingerprint density at radius 3 is 2.38 bits per heavy atom. The van der Waals surface area contributed by atoms with Crippen LogP contribution < -0.4 is 14.8 Å². The van der Waals surface area contributed by atoms with Crippen molar-refractivity contribution in [1.29, 1.82) is 0 Å². The number of nitro groups is 1. The van der Waals surface area contributed by atoms with Crippen LogP contribution in [0.15, 0.2) is 23.1 Å². The van der Waals surface area contributed by atoms with E-state index in [4.69, 9.17) is 4.74 Å². The average Bonchev–Trinajstić information content (AvgIpc) is 3.03. The number of hydrogen-bond donors (Lipinski definition) is 2. The molecule has 0 aliphatic carbocycles. The van der Waals surface area contributed by atoms with Crippen molar-refractivity contribution < 1.29 is 22.9 Å². The van der Waals surface area contributed by atoms with Gasteiger partial charge in [0.05, 0.1) is 10.5 Å². The fraction of sp³-hybridized carbons (Fsp3) is 0.545. The third-order valence-electron chi connectivity index (χ3n) is 4.93. The molecule has 0 spiro atoms. The molecule has 1 heterocycles. The second-order valence-corrected chi connectivity index (χ2v) is 11.1. The van der Waals surface area contributed by atoms with E-state index in [2.05, 4.69) is 15.1 Å². The molecule has 11 nitrogen and oxygen atoms in total. The number of ether oxygens (including phenoxy) is 1. The Labute approximate surface area is 200 Å². The predicted octanol–water partition coefficient (Wildman–Crippen LogP) is 3.86. The van der Waals surface area contributed by atoms with E-state index in [-0.39, 0.29) is 34.2 Å². The Kier molecular flexibility index (Phi) is 8.10. The topological polar surface area (TPSA) is 145 Å². The van der Waals surface area contributed by atoms with E-state index in [1.807, 2.05) is 34.6 Å². The molecule has 2 N–H and O–H groups in total. The minimum absolute atomic E-state index is 0.0652. The zero-order valence-electron chi connectivity index (χ0n) is 20.8. The molecule has 0 radical (unpaired) electrons. The van der Waals surface area contributed by atoms with Crippen LogP contribution in [0, 0.1) is 17.0 Å². The van der Waals surface area contributed by atoms with Crippen LogP contribution in [0.5, 0.6) is 11.6 Å². The Hall–Kier alpha value is -2.99. The van der Waals surface area contributed by atoms with Crippen molar-refractivity contribution in [3.8, 4) is 11.6 Å².